The Morgan fingerprint density at radius 1 is 1.08 bits per heavy atom. The predicted octanol–water partition coefficient (Wildman–Crippen LogP) is 1.25. The van der Waals surface area contributed by atoms with Crippen LogP contribution >= 0.6 is 7.44 Å². The van der Waals surface area contributed by atoms with E-state index in [1.807, 2.05) is 0 Å². The summed E-state index contributed by atoms with van der Waals surface area (Å²) in [7, 11) is -3.61. The minimum atomic E-state index is -3.61. The second kappa shape index (κ2) is 9.92. The molecule has 4 heterocycles. The van der Waals surface area contributed by atoms with Crippen LogP contribution < -0.4 is 11.1 Å². The van der Waals surface area contributed by atoms with Gasteiger partial charge in [0.1, 0.15) is 18.4 Å². The van der Waals surface area contributed by atoms with Crippen molar-refractivity contribution in [3.8, 4) is 0 Å². The van der Waals surface area contributed by atoms with Crippen molar-refractivity contribution in [1.82, 2.24) is 28.9 Å². The number of imidazole rings is 1. The maximum Gasteiger partial charge on any atom is 0.321 e. The number of nitrogens with two attached hydrogens (primary N) is 1. The number of nitrogens with zero attached hydrogens (tertiary/aromatic N) is 6. The molecule has 15 heteroatoms. The third-order valence-corrected chi connectivity index (χ3v) is 10.0. The van der Waals surface area contributed by atoms with Crippen molar-refractivity contribution in [2.45, 2.75) is 63.2 Å². The van der Waals surface area contributed by atoms with Crippen LogP contribution in [0.3, 0.4) is 0 Å². The molecule has 2 saturated heterocycles. The van der Waals surface area contributed by atoms with Crippen molar-refractivity contribution in [1.29, 1.82) is 0 Å². The van der Waals surface area contributed by atoms with E-state index in [0.29, 0.717) is 68.3 Å². The number of carboxylic acid groups (broad SMARTS) is 2. The van der Waals surface area contributed by atoms with Gasteiger partial charge in [-0.1, -0.05) is 0 Å². The highest BCUT2D eigenvalue weighted by Gasteiger charge is 2.50. The van der Waals surface area contributed by atoms with Gasteiger partial charge in [-0.25, -0.2) is 14.3 Å². The average molecular weight is 523 g/mol. The van der Waals surface area contributed by atoms with E-state index in [1.165, 1.54) is 9.34 Å². The summed E-state index contributed by atoms with van der Waals surface area (Å²) in [5, 5.41) is 22.7. The number of fused-ring (bicyclic) bond motifs is 1. The molecule has 0 radical (unpaired) electrons. The van der Waals surface area contributed by atoms with Crippen molar-refractivity contribution < 1.29 is 29.1 Å². The van der Waals surface area contributed by atoms with Gasteiger partial charge in [-0.05, 0) is 38.5 Å². The molecule has 3 aliphatic rings. The number of hydrogen-bond acceptors (Lipinski definition) is 9. The fraction of sp³-hybridized carbons (Fsp3) is 0.667. The molecule has 3 fully saturated rings. The van der Waals surface area contributed by atoms with Gasteiger partial charge in [0.25, 0.3) is 0 Å². The number of hydrogen-bond donors (Lipinski definition) is 4. The van der Waals surface area contributed by atoms with E-state index in [4.69, 9.17) is 10.5 Å². The van der Waals surface area contributed by atoms with Crippen LogP contribution in [0.15, 0.2) is 6.33 Å². The minimum Gasteiger partial charge on any atom is -0.480 e. The summed E-state index contributed by atoms with van der Waals surface area (Å²) in [6.45, 7) is 1.11. The normalized spacial score (nSPS) is 24.8. The van der Waals surface area contributed by atoms with E-state index in [2.05, 4.69) is 20.3 Å². The second-order valence-electron chi connectivity index (χ2n) is 9.48. The average Bonchev–Trinajstić information content (AvgIpc) is 3.25. The van der Waals surface area contributed by atoms with E-state index in [1.54, 1.807) is 10.9 Å². The molecule has 36 heavy (non-hydrogen) atoms. The largest absolute Gasteiger partial charge is 0.480 e. The molecular weight excluding hydrogens is 491 g/mol. The fourth-order valence-electron chi connectivity index (χ4n) is 5.04. The van der Waals surface area contributed by atoms with Crippen LogP contribution in [0.4, 0.5) is 11.8 Å². The first-order chi connectivity index (χ1) is 17.3. The smallest absolute Gasteiger partial charge is 0.321 e. The third kappa shape index (κ3) is 4.77. The number of carbonyl (C=O) groups is 2. The van der Waals surface area contributed by atoms with E-state index < -0.39 is 31.5 Å². The molecular formula is C21H31N8O6P. The highest BCUT2D eigenvalue weighted by Crippen LogP contribution is 2.59. The summed E-state index contributed by atoms with van der Waals surface area (Å²) >= 11 is 0. The summed E-state index contributed by atoms with van der Waals surface area (Å²) in [5.74, 6) is -1.40. The lowest BCUT2D eigenvalue weighted by Crippen LogP contribution is -2.44. The molecule has 0 bridgehead atoms. The van der Waals surface area contributed by atoms with Gasteiger partial charge in [-0.2, -0.15) is 9.97 Å². The fourth-order valence-corrected chi connectivity index (χ4v) is 8.21. The minimum absolute atomic E-state index is 0.125. The Hall–Kier alpha value is -2.80. The molecule has 0 amide bonds. The van der Waals surface area contributed by atoms with Gasteiger partial charge in [-0.15, -0.1) is 0 Å². The van der Waals surface area contributed by atoms with Gasteiger partial charge in [0, 0.05) is 25.7 Å². The van der Waals surface area contributed by atoms with Crippen LogP contribution in [0.2, 0.25) is 0 Å². The van der Waals surface area contributed by atoms with Crippen LogP contribution in [-0.2, 0) is 25.4 Å². The third-order valence-electron chi connectivity index (χ3n) is 6.96. The Morgan fingerprint density at radius 3 is 2.31 bits per heavy atom. The highest BCUT2D eigenvalue weighted by atomic mass is 31.2. The van der Waals surface area contributed by atoms with Crippen molar-refractivity contribution in [2.75, 3.05) is 37.1 Å². The van der Waals surface area contributed by atoms with E-state index in [-0.39, 0.29) is 18.9 Å². The molecule has 5 rings (SSSR count). The number of nitrogens with one attached hydrogen (secondary N) is 1. The van der Waals surface area contributed by atoms with Crippen LogP contribution in [0.5, 0.6) is 0 Å². The van der Waals surface area contributed by atoms with Gasteiger partial charge < -0.3 is 30.6 Å². The van der Waals surface area contributed by atoms with Gasteiger partial charge in [0.15, 0.2) is 17.0 Å². The second-order valence-corrected chi connectivity index (χ2v) is 12.1. The molecule has 2 aromatic heterocycles. The first kappa shape index (κ1) is 24.9. The van der Waals surface area contributed by atoms with Gasteiger partial charge in [-0.3, -0.25) is 14.2 Å². The Kier molecular flexibility index (Phi) is 6.86. The lowest BCUT2D eigenvalue weighted by molar-refractivity contribution is -0.140. The number of carboxylic acids is 2. The molecule has 196 valence electrons. The molecule has 14 nitrogen and oxygen atoms in total. The maximum atomic E-state index is 14.4. The molecule has 2 aliphatic heterocycles. The number of aliphatic carboxylic acids is 2. The summed E-state index contributed by atoms with van der Waals surface area (Å²) in [6.07, 6.45) is 5.37. The predicted molar refractivity (Wildman–Crippen MR) is 130 cm³/mol. The van der Waals surface area contributed by atoms with Crippen LogP contribution in [-0.4, -0.2) is 95.2 Å². The Labute approximate surface area is 207 Å². The summed E-state index contributed by atoms with van der Waals surface area (Å²) in [4.78, 5) is 36.7. The Bertz CT molecular complexity index is 1170. The zero-order valence-corrected chi connectivity index (χ0v) is 20.7. The topological polar surface area (TPSA) is 189 Å². The lowest BCUT2D eigenvalue weighted by Gasteiger charge is -2.38. The summed E-state index contributed by atoms with van der Waals surface area (Å²) < 4.78 is 24.9. The lowest BCUT2D eigenvalue weighted by atomic mass is 10.2. The quantitative estimate of drug-likeness (QED) is 0.244. The number of aromatic nitrogens is 4. The van der Waals surface area contributed by atoms with Crippen molar-refractivity contribution in [3.63, 3.8) is 0 Å². The molecule has 1 saturated carbocycles. The Morgan fingerprint density at radius 2 is 1.72 bits per heavy atom. The number of anilines is 2. The standard InChI is InChI=1S/C21H31N8O6P/c22-21-25-17(24-13-5-6-13)16-18(26-21)27(11-23-16)9-10-35-12-36(34,28-7-1-3-14(28)19(30)31)29-8-2-4-15(29)20(32)33/h11,13-15H,1-10,12H2,(H,30,31)(H,32,33)(H3,22,24,25,26). The number of nitrogen functional groups attached to an aromatic ring is 1. The number of ether oxygens (including phenoxy) is 1. The van der Waals surface area contributed by atoms with E-state index >= 15 is 0 Å². The molecule has 1 aliphatic carbocycles. The number of rotatable bonds is 11. The first-order valence-corrected chi connectivity index (χ1v) is 14.0. The Balaban J connectivity index is 1.31. The van der Waals surface area contributed by atoms with E-state index in [0.717, 1.165) is 12.8 Å². The van der Waals surface area contributed by atoms with Crippen molar-refractivity contribution >= 4 is 42.3 Å². The molecule has 0 aromatic carbocycles. The maximum absolute atomic E-state index is 14.4. The molecule has 5 N–H and O–H groups in total. The summed E-state index contributed by atoms with van der Waals surface area (Å²) in [6, 6.07) is -1.49. The van der Waals surface area contributed by atoms with Crippen molar-refractivity contribution in [2.24, 2.45) is 0 Å². The van der Waals surface area contributed by atoms with Gasteiger partial charge in [0.2, 0.25) is 13.4 Å². The highest BCUT2D eigenvalue weighted by molar-refractivity contribution is 7.59. The van der Waals surface area contributed by atoms with Crippen LogP contribution in [0.25, 0.3) is 11.2 Å². The van der Waals surface area contributed by atoms with Gasteiger partial charge >= 0.3 is 11.9 Å². The van der Waals surface area contributed by atoms with E-state index in [9.17, 15) is 24.4 Å². The molecule has 2 atom stereocenters. The van der Waals surface area contributed by atoms with Crippen LogP contribution in [0.1, 0.15) is 38.5 Å². The van der Waals surface area contributed by atoms with Crippen molar-refractivity contribution in [3.05, 3.63) is 6.33 Å². The summed E-state index contributed by atoms with van der Waals surface area (Å²) in [5.41, 5.74) is 7.05. The zero-order chi connectivity index (χ0) is 25.4. The molecule has 0 spiro atoms. The SMILES string of the molecule is Nc1nc(NC2CC2)c2ncn(CCOCP(=O)(N3CCCC3C(=O)O)N3CCCC3C(=O)O)c2n1. The molecule has 2 aromatic rings. The van der Waals surface area contributed by atoms with Gasteiger partial charge in [0.05, 0.1) is 12.9 Å². The zero-order valence-electron chi connectivity index (χ0n) is 19.8. The first-order valence-electron chi connectivity index (χ1n) is 12.2. The monoisotopic (exact) mass is 522 g/mol. The molecule has 2 unspecified atom stereocenters. The van der Waals surface area contributed by atoms with Crippen LogP contribution in [0, 0.1) is 0 Å².